The number of ether oxygens (including phenoxy) is 3. The van der Waals surface area contributed by atoms with Crippen LogP contribution in [0.1, 0.15) is 32.6 Å². The summed E-state index contributed by atoms with van der Waals surface area (Å²) in [5.74, 6) is -0.117. The first-order valence-corrected chi connectivity index (χ1v) is 11.2. The van der Waals surface area contributed by atoms with Gasteiger partial charge in [-0.25, -0.2) is 14.6 Å². The first kappa shape index (κ1) is 22.7. The molecule has 0 bridgehead atoms. The number of aryl methyl sites for hydroxylation is 2. The van der Waals surface area contributed by atoms with E-state index in [1.807, 2.05) is 38.1 Å². The van der Waals surface area contributed by atoms with E-state index < -0.39 is 11.9 Å². The van der Waals surface area contributed by atoms with Crippen molar-refractivity contribution in [3.63, 3.8) is 0 Å². The predicted octanol–water partition coefficient (Wildman–Crippen LogP) is 5.48. The van der Waals surface area contributed by atoms with Gasteiger partial charge in [-0.1, -0.05) is 23.8 Å². The fourth-order valence-electron chi connectivity index (χ4n) is 3.26. The Labute approximate surface area is 205 Å². The van der Waals surface area contributed by atoms with Crippen LogP contribution in [-0.4, -0.2) is 24.9 Å². The molecule has 0 aliphatic carbocycles. The zero-order valence-electron chi connectivity index (χ0n) is 18.2. The molecule has 6 nitrogen and oxygen atoms in total. The summed E-state index contributed by atoms with van der Waals surface area (Å²) in [6, 6.07) is 17.9. The highest BCUT2D eigenvalue weighted by Crippen LogP contribution is 2.30. The Morgan fingerprint density at radius 2 is 1.85 bits per heavy atom. The summed E-state index contributed by atoms with van der Waals surface area (Å²) >= 11 is 2.25. The maximum absolute atomic E-state index is 12.5. The van der Waals surface area contributed by atoms with Crippen LogP contribution >= 0.6 is 22.6 Å². The zero-order chi connectivity index (χ0) is 23.5. The highest BCUT2D eigenvalue weighted by molar-refractivity contribution is 14.1. The van der Waals surface area contributed by atoms with Crippen LogP contribution in [0.3, 0.4) is 0 Å². The third-order valence-electron chi connectivity index (χ3n) is 4.97. The summed E-state index contributed by atoms with van der Waals surface area (Å²) < 4.78 is 17.4. The Kier molecular flexibility index (Phi) is 6.60. The molecule has 0 saturated heterocycles. The number of cyclic esters (lactones) is 1. The van der Waals surface area contributed by atoms with Crippen LogP contribution in [-0.2, 0) is 9.53 Å². The van der Waals surface area contributed by atoms with Gasteiger partial charge in [-0.05, 0) is 96.1 Å². The maximum atomic E-state index is 12.5. The van der Waals surface area contributed by atoms with E-state index in [0.29, 0.717) is 16.9 Å². The van der Waals surface area contributed by atoms with Crippen molar-refractivity contribution >= 4 is 46.5 Å². The minimum atomic E-state index is -0.532. The Hall–Kier alpha value is -3.46. The molecule has 3 aromatic rings. The molecular formula is C26H20INO5. The summed E-state index contributed by atoms with van der Waals surface area (Å²) in [5.41, 5.74) is 4.04. The van der Waals surface area contributed by atoms with Crippen LogP contribution in [0.2, 0.25) is 0 Å². The number of carbonyl (C=O) groups is 2. The number of nitrogens with zero attached hydrogens (tertiary/aromatic N) is 1. The molecule has 0 radical (unpaired) electrons. The summed E-state index contributed by atoms with van der Waals surface area (Å²) in [5, 5.41) is 0. The molecule has 0 saturated carbocycles. The number of hydrogen-bond donors (Lipinski definition) is 0. The summed E-state index contributed by atoms with van der Waals surface area (Å²) in [6.07, 6.45) is 1.60. The first-order valence-electron chi connectivity index (χ1n) is 10.1. The maximum Gasteiger partial charge on any atom is 0.363 e. The van der Waals surface area contributed by atoms with Gasteiger partial charge in [0.05, 0.1) is 12.7 Å². The van der Waals surface area contributed by atoms with Gasteiger partial charge in [-0.3, -0.25) is 0 Å². The molecule has 0 spiro atoms. The van der Waals surface area contributed by atoms with Gasteiger partial charge in [0.15, 0.2) is 17.2 Å². The normalized spacial score (nSPS) is 14.1. The molecule has 0 unspecified atom stereocenters. The van der Waals surface area contributed by atoms with E-state index in [0.717, 1.165) is 20.3 Å². The predicted molar refractivity (Wildman–Crippen MR) is 134 cm³/mol. The highest BCUT2D eigenvalue weighted by atomic mass is 127. The fourth-order valence-corrected chi connectivity index (χ4v) is 3.59. The van der Waals surface area contributed by atoms with Gasteiger partial charge in [0.2, 0.25) is 5.90 Å². The second kappa shape index (κ2) is 9.58. The molecule has 1 aliphatic heterocycles. The summed E-state index contributed by atoms with van der Waals surface area (Å²) in [6.45, 7) is 3.89. The third-order valence-corrected chi connectivity index (χ3v) is 6.18. The second-order valence-corrected chi connectivity index (χ2v) is 8.63. The Morgan fingerprint density at radius 3 is 2.58 bits per heavy atom. The van der Waals surface area contributed by atoms with Crippen LogP contribution in [0.25, 0.3) is 6.08 Å². The van der Waals surface area contributed by atoms with Crippen molar-refractivity contribution in [3.05, 3.63) is 97.7 Å². The summed E-state index contributed by atoms with van der Waals surface area (Å²) in [7, 11) is 1.48. The topological polar surface area (TPSA) is 74.2 Å². The fraction of sp³-hybridized carbons (Fsp3) is 0.115. The van der Waals surface area contributed by atoms with E-state index in [1.54, 1.807) is 42.5 Å². The molecule has 1 aliphatic rings. The van der Waals surface area contributed by atoms with E-state index in [-0.39, 0.29) is 17.3 Å². The van der Waals surface area contributed by atoms with Crippen molar-refractivity contribution in [1.82, 2.24) is 0 Å². The number of methoxy groups -OCH3 is 1. The Balaban J connectivity index is 1.58. The second-order valence-electron chi connectivity index (χ2n) is 7.47. The molecule has 4 rings (SSSR count). The number of benzene rings is 3. The monoisotopic (exact) mass is 553 g/mol. The molecule has 0 amide bonds. The number of halogens is 1. The van der Waals surface area contributed by atoms with Gasteiger partial charge in [-0.2, -0.15) is 0 Å². The van der Waals surface area contributed by atoms with Crippen molar-refractivity contribution in [2.75, 3.05) is 7.11 Å². The molecule has 3 aromatic carbocycles. The zero-order valence-corrected chi connectivity index (χ0v) is 20.4. The van der Waals surface area contributed by atoms with Gasteiger partial charge >= 0.3 is 11.9 Å². The van der Waals surface area contributed by atoms with Gasteiger partial charge in [0, 0.05) is 9.13 Å². The van der Waals surface area contributed by atoms with Crippen LogP contribution in [0.5, 0.6) is 11.5 Å². The molecule has 0 N–H and O–H groups in total. The van der Waals surface area contributed by atoms with Gasteiger partial charge < -0.3 is 14.2 Å². The lowest BCUT2D eigenvalue weighted by molar-refractivity contribution is -0.129. The largest absolute Gasteiger partial charge is 0.493 e. The van der Waals surface area contributed by atoms with Crippen molar-refractivity contribution in [3.8, 4) is 11.5 Å². The van der Waals surface area contributed by atoms with Crippen molar-refractivity contribution in [2.24, 2.45) is 4.99 Å². The van der Waals surface area contributed by atoms with Crippen LogP contribution in [0.4, 0.5) is 0 Å². The molecule has 0 aromatic heterocycles. The lowest BCUT2D eigenvalue weighted by Crippen LogP contribution is -2.09. The van der Waals surface area contributed by atoms with Crippen molar-refractivity contribution in [1.29, 1.82) is 0 Å². The lowest BCUT2D eigenvalue weighted by Gasteiger charge is -2.10. The number of hydrogen-bond acceptors (Lipinski definition) is 6. The van der Waals surface area contributed by atoms with E-state index in [1.165, 1.54) is 7.11 Å². The smallest absolute Gasteiger partial charge is 0.363 e. The van der Waals surface area contributed by atoms with Crippen LogP contribution in [0.15, 0.2) is 71.4 Å². The average molecular weight is 553 g/mol. The quantitative estimate of drug-likeness (QED) is 0.181. The molecule has 0 fully saturated rings. The number of carbonyl (C=O) groups excluding carboxylic acids is 2. The average Bonchev–Trinajstić information content (AvgIpc) is 3.16. The Morgan fingerprint density at radius 1 is 1.03 bits per heavy atom. The number of rotatable bonds is 5. The van der Waals surface area contributed by atoms with E-state index in [4.69, 9.17) is 14.2 Å². The molecule has 0 atom stereocenters. The minimum absolute atomic E-state index is 0.174. The van der Waals surface area contributed by atoms with Crippen LogP contribution < -0.4 is 9.47 Å². The van der Waals surface area contributed by atoms with Gasteiger partial charge in [-0.15, -0.1) is 0 Å². The first-order chi connectivity index (χ1) is 15.8. The molecule has 1 heterocycles. The van der Waals surface area contributed by atoms with E-state index in [9.17, 15) is 9.59 Å². The number of esters is 2. The molecular weight excluding hydrogens is 533 g/mol. The molecule has 7 heteroatoms. The van der Waals surface area contributed by atoms with E-state index in [2.05, 4.69) is 27.6 Å². The third kappa shape index (κ3) is 5.14. The SMILES string of the molecule is COc1cc(/C=C2\N=C(c3ccc(I)c(C)c3)OC2=O)ccc1OC(=O)c1cccc(C)c1. The van der Waals surface area contributed by atoms with Crippen molar-refractivity contribution in [2.45, 2.75) is 13.8 Å². The molecule has 166 valence electrons. The minimum Gasteiger partial charge on any atom is -0.493 e. The summed E-state index contributed by atoms with van der Waals surface area (Å²) in [4.78, 5) is 29.2. The Bertz CT molecular complexity index is 1330. The number of aliphatic imine (C=N–C) groups is 1. The van der Waals surface area contributed by atoms with Crippen molar-refractivity contribution < 1.29 is 23.8 Å². The van der Waals surface area contributed by atoms with E-state index >= 15 is 0 Å². The van der Waals surface area contributed by atoms with Gasteiger partial charge in [0.25, 0.3) is 0 Å². The van der Waals surface area contributed by atoms with Crippen LogP contribution in [0, 0.1) is 17.4 Å². The van der Waals surface area contributed by atoms with Gasteiger partial charge in [0.1, 0.15) is 0 Å². The highest BCUT2D eigenvalue weighted by Gasteiger charge is 2.24. The molecule has 33 heavy (non-hydrogen) atoms. The standard InChI is InChI=1S/C26H20INO5/c1-15-5-4-6-19(11-15)25(29)32-22-10-7-17(14-23(22)31-3)13-21-26(30)33-24(28-21)18-8-9-20(27)16(2)12-18/h4-14H,1-3H3/b21-13-. The lowest BCUT2D eigenvalue weighted by atomic mass is 10.1.